The van der Waals surface area contributed by atoms with Gasteiger partial charge < -0.3 is 10.1 Å². The first kappa shape index (κ1) is 13.1. The lowest BCUT2D eigenvalue weighted by Gasteiger charge is -2.20. The Kier molecular flexibility index (Phi) is 3.75. The molecule has 1 saturated heterocycles. The van der Waals surface area contributed by atoms with Crippen molar-refractivity contribution in [2.45, 2.75) is 25.6 Å². The van der Waals surface area contributed by atoms with Crippen LogP contribution in [0, 0.1) is 5.92 Å². The number of hydrogen-bond acceptors (Lipinski definition) is 3. The minimum Gasteiger partial charge on any atom is -0.382 e. The molecule has 2 rings (SSSR count). The van der Waals surface area contributed by atoms with Gasteiger partial charge in [-0.15, -0.1) is 0 Å². The average Bonchev–Trinajstić information content (AvgIpc) is 2.81. The Bertz CT molecular complexity index is 403. The van der Waals surface area contributed by atoms with Gasteiger partial charge >= 0.3 is 6.18 Å². The molecule has 1 N–H and O–H groups in total. The summed E-state index contributed by atoms with van der Waals surface area (Å²) >= 11 is 0. The molecule has 1 aromatic rings. The smallest absolute Gasteiger partial charge is 0.382 e. The highest BCUT2D eigenvalue weighted by molar-refractivity contribution is 5.44. The highest BCUT2D eigenvalue weighted by Crippen LogP contribution is 2.29. The van der Waals surface area contributed by atoms with Gasteiger partial charge in [0.15, 0.2) is 0 Å². The van der Waals surface area contributed by atoms with E-state index in [0.717, 1.165) is 19.1 Å². The maximum Gasteiger partial charge on any atom is 0.433 e. The van der Waals surface area contributed by atoms with Gasteiger partial charge in [0.1, 0.15) is 5.69 Å². The van der Waals surface area contributed by atoms with Crippen LogP contribution in [0.5, 0.6) is 0 Å². The van der Waals surface area contributed by atoms with Crippen LogP contribution in [0.3, 0.4) is 0 Å². The molecule has 0 amide bonds. The van der Waals surface area contributed by atoms with E-state index in [1.54, 1.807) is 6.07 Å². The van der Waals surface area contributed by atoms with Crippen molar-refractivity contribution >= 4 is 5.69 Å². The van der Waals surface area contributed by atoms with Gasteiger partial charge in [-0.1, -0.05) is 0 Å². The molecule has 100 valence electrons. The predicted octanol–water partition coefficient (Wildman–Crippen LogP) is 2.94. The summed E-state index contributed by atoms with van der Waals surface area (Å²) in [5.74, 6) is 0.340. The number of nitrogens with one attached hydrogen (secondary N) is 1. The quantitative estimate of drug-likeness (QED) is 0.907. The summed E-state index contributed by atoms with van der Waals surface area (Å²) < 4.78 is 42.7. The number of halogens is 3. The summed E-state index contributed by atoms with van der Waals surface area (Å²) in [6, 6.07) is 2.66. The fourth-order valence-corrected chi connectivity index (χ4v) is 2.00. The summed E-state index contributed by atoms with van der Waals surface area (Å²) in [7, 11) is 0. The molecule has 0 aliphatic carbocycles. The first-order chi connectivity index (χ1) is 8.47. The molecule has 1 aliphatic rings. The van der Waals surface area contributed by atoms with E-state index in [2.05, 4.69) is 10.3 Å². The van der Waals surface area contributed by atoms with Gasteiger partial charge in [-0.3, -0.25) is 4.98 Å². The van der Waals surface area contributed by atoms with E-state index >= 15 is 0 Å². The number of rotatable bonds is 3. The van der Waals surface area contributed by atoms with Gasteiger partial charge in [-0.05, 0) is 25.5 Å². The second-order valence-corrected chi connectivity index (χ2v) is 4.48. The van der Waals surface area contributed by atoms with E-state index in [-0.39, 0.29) is 6.04 Å². The normalized spacial score (nSPS) is 21.9. The molecule has 2 atom stereocenters. The van der Waals surface area contributed by atoms with Crippen LogP contribution in [0.2, 0.25) is 0 Å². The minimum atomic E-state index is -4.41. The Morgan fingerprint density at radius 2 is 2.28 bits per heavy atom. The second-order valence-electron chi connectivity index (χ2n) is 4.48. The van der Waals surface area contributed by atoms with Crippen LogP contribution in [0.25, 0.3) is 0 Å². The molecule has 6 heteroatoms. The van der Waals surface area contributed by atoms with Crippen LogP contribution < -0.4 is 5.32 Å². The predicted molar refractivity (Wildman–Crippen MR) is 61.2 cm³/mol. The summed E-state index contributed by atoms with van der Waals surface area (Å²) in [6.45, 7) is 3.33. The minimum absolute atomic E-state index is 0.0796. The second kappa shape index (κ2) is 5.14. The van der Waals surface area contributed by atoms with Crippen molar-refractivity contribution < 1.29 is 17.9 Å². The molecule has 1 aliphatic heterocycles. The number of pyridine rings is 1. The topological polar surface area (TPSA) is 34.2 Å². The Hall–Kier alpha value is -1.30. The molecule has 2 heterocycles. The third kappa shape index (κ3) is 3.13. The Morgan fingerprint density at radius 3 is 2.89 bits per heavy atom. The number of aromatic nitrogens is 1. The van der Waals surface area contributed by atoms with Crippen molar-refractivity contribution in [3.8, 4) is 0 Å². The zero-order chi connectivity index (χ0) is 13.2. The number of anilines is 1. The average molecular weight is 260 g/mol. The highest BCUT2D eigenvalue weighted by Gasteiger charge is 2.32. The summed E-state index contributed by atoms with van der Waals surface area (Å²) in [4.78, 5) is 3.33. The third-order valence-corrected chi connectivity index (χ3v) is 3.12. The summed E-state index contributed by atoms with van der Waals surface area (Å²) in [6.07, 6.45) is -2.30. The monoisotopic (exact) mass is 260 g/mol. The molecule has 0 spiro atoms. The van der Waals surface area contributed by atoms with E-state index < -0.39 is 11.9 Å². The fraction of sp³-hybridized carbons (Fsp3) is 0.583. The summed E-state index contributed by atoms with van der Waals surface area (Å²) in [5, 5.41) is 3.08. The molecule has 0 radical (unpaired) electrons. The number of alkyl halides is 3. The molecule has 2 unspecified atom stereocenters. The van der Waals surface area contributed by atoms with Crippen LogP contribution in [0.4, 0.5) is 18.9 Å². The van der Waals surface area contributed by atoms with Gasteiger partial charge in [0.05, 0.1) is 6.61 Å². The van der Waals surface area contributed by atoms with Crippen molar-refractivity contribution in [1.82, 2.24) is 4.98 Å². The third-order valence-electron chi connectivity index (χ3n) is 3.12. The van der Waals surface area contributed by atoms with Crippen LogP contribution in [-0.4, -0.2) is 24.2 Å². The number of nitrogens with zero attached hydrogens (tertiary/aromatic N) is 1. The van der Waals surface area contributed by atoms with Gasteiger partial charge in [-0.2, -0.15) is 13.2 Å². The van der Waals surface area contributed by atoms with E-state index in [0.29, 0.717) is 18.2 Å². The van der Waals surface area contributed by atoms with Crippen LogP contribution in [0.15, 0.2) is 18.3 Å². The maximum absolute atomic E-state index is 12.5. The molecule has 18 heavy (non-hydrogen) atoms. The summed E-state index contributed by atoms with van der Waals surface area (Å²) in [5.41, 5.74) is -0.431. The van der Waals surface area contributed by atoms with Gasteiger partial charge in [0, 0.05) is 30.5 Å². The van der Waals surface area contributed by atoms with Crippen molar-refractivity contribution in [1.29, 1.82) is 0 Å². The standard InChI is InChI=1S/C12H15F3N2O/c1-8(9-3-5-18-7-9)17-10-2-4-16-11(6-10)12(13,14)15/h2,4,6,8-9H,3,5,7H2,1H3,(H,16,17). The highest BCUT2D eigenvalue weighted by atomic mass is 19.4. The van der Waals surface area contributed by atoms with Crippen LogP contribution >= 0.6 is 0 Å². The molecule has 3 nitrogen and oxygen atoms in total. The Balaban J connectivity index is 2.04. The van der Waals surface area contributed by atoms with Gasteiger partial charge in [0.2, 0.25) is 0 Å². The fourth-order valence-electron chi connectivity index (χ4n) is 2.00. The lowest BCUT2D eigenvalue weighted by molar-refractivity contribution is -0.141. The van der Waals surface area contributed by atoms with Crippen molar-refractivity contribution in [2.75, 3.05) is 18.5 Å². The largest absolute Gasteiger partial charge is 0.433 e. The van der Waals surface area contributed by atoms with Crippen molar-refractivity contribution in [3.63, 3.8) is 0 Å². The molecule has 1 fully saturated rings. The van der Waals surface area contributed by atoms with Gasteiger partial charge in [0.25, 0.3) is 0 Å². The molecule has 0 saturated carbocycles. The first-order valence-corrected chi connectivity index (χ1v) is 5.84. The molecule has 0 aromatic carbocycles. The lowest BCUT2D eigenvalue weighted by atomic mass is 10.0. The zero-order valence-electron chi connectivity index (χ0n) is 10.00. The lowest BCUT2D eigenvalue weighted by Crippen LogP contribution is -2.26. The number of ether oxygens (including phenoxy) is 1. The first-order valence-electron chi connectivity index (χ1n) is 5.84. The van der Waals surface area contributed by atoms with E-state index in [4.69, 9.17) is 4.74 Å². The Labute approximate surface area is 103 Å². The molecular formula is C12H15F3N2O. The zero-order valence-corrected chi connectivity index (χ0v) is 10.00. The van der Waals surface area contributed by atoms with Gasteiger partial charge in [-0.25, -0.2) is 0 Å². The molecule has 0 bridgehead atoms. The van der Waals surface area contributed by atoms with Crippen LogP contribution in [-0.2, 0) is 10.9 Å². The van der Waals surface area contributed by atoms with Crippen molar-refractivity contribution in [3.05, 3.63) is 24.0 Å². The Morgan fingerprint density at radius 1 is 1.50 bits per heavy atom. The van der Waals surface area contributed by atoms with Crippen LogP contribution in [0.1, 0.15) is 19.0 Å². The number of hydrogen-bond donors (Lipinski definition) is 1. The molecule has 1 aromatic heterocycles. The molecular weight excluding hydrogens is 245 g/mol. The van der Waals surface area contributed by atoms with E-state index in [9.17, 15) is 13.2 Å². The SMILES string of the molecule is CC(Nc1ccnc(C(F)(F)F)c1)C1CCOC1. The van der Waals surface area contributed by atoms with E-state index in [1.807, 2.05) is 6.92 Å². The van der Waals surface area contributed by atoms with E-state index in [1.165, 1.54) is 6.20 Å². The van der Waals surface area contributed by atoms with Crippen molar-refractivity contribution in [2.24, 2.45) is 5.92 Å². The maximum atomic E-state index is 12.5.